The maximum atomic E-state index is 11.7. The average molecular weight is 285 g/mol. The molecule has 0 aromatic heterocycles. The summed E-state index contributed by atoms with van der Waals surface area (Å²) in [6.07, 6.45) is 0.867. The normalized spacial score (nSPS) is 13.5. The van der Waals surface area contributed by atoms with Gasteiger partial charge in [0.25, 0.3) is 0 Å². The number of aliphatic hydroxyl groups excluding tert-OH is 1. The fourth-order valence-electron chi connectivity index (χ4n) is 1.91. The van der Waals surface area contributed by atoms with Crippen LogP contribution in [0.25, 0.3) is 0 Å². The minimum atomic E-state index is -3.15. The molecular weight excluding hydrogens is 262 g/mol. The number of benzene rings is 1. The van der Waals surface area contributed by atoms with E-state index in [1.165, 1.54) is 0 Å². The van der Waals surface area contributed by atoms with Gasteiger partial charge in [0, 0.05) is 11.7 Å². The first-order valence-electron chi connectivity index (χ1n) is 6.59. The Morgan fingerprint density at radius 1 is 1.21 bits per heavy atom. The van der Waals surface area contributed by atoms with Crippen molar-refractivity contribution < 1.29 is 13.5 Å². The summed E-state index contributed by atoms with van der Waals surface area (Å²) >= 11 is 0. The smallest absolute Gasteiger partial charge is 0.178 e. The quantitative estimate of drug-likeness (QED) is 0.806. The molecular formula is C14H23NO3S. The van der Waals surface area contributed by atoms with Crippen molar-refractivity contribution in [3.63, 3.8) is 0 Å². The predicted octanol–water partition coefficient (Wildman–Crippen LogP) is 2.30. The molecule has 0 heterocycles. The van der Waals surface area contributed by atoms with E-state index in [9.17, 15) is 13.5 Å². The third kappa shape index (κ3) is 4.84. The van der Waals surface area contributed by atoms with Crippen LogP contribution in [0, 0.1) is 5.92 Å². The maximum Gasteiger partial charge on any atom is 0.178 e. The first kappa shape index (κ1) is 16.0. The Balaban J connectivity index is 2.76. The zero-order valence-electron chi connectivity index (χ0n) is 11.8. The Kier molecular flexibility index (Phi) is 5.82. The molecule has 5 heteroatoms. The molecule has 1 aromatic rings. The molecule has 0 radical (unpaired) electrons. The zero-order valence-corrected chi connectivity index (χ0v) is 12.6. The molecule has 2 N–H and O–H groups in total. The molecule has 1 atom stereocenters. The SMILES string of the molecule is CCS(=O)(=O)c1ccc(NC(CO)CC(C)C)cc1. The van der Waals surface area contributed by atoms with Gasteiger partial charge in [0.05, 0.1) is 17.3 Å². The van der Waals surface area contributed by atoms with E-state index < -0.39 is 9.84 Å². The average Bonchev–Trinajstić information content (AvgIpc) is 2.38. The van der Waals surface area contributed by atoms with Gasteiger partial charge in [-0.25, -0.2) is 8.42 Å². The van der Waals surface area contributed by atoms with E-state index in [1.807, 2.05) is 0 Å². The van der Waals surface area contributed by atoms with Crippen molar-refractivity contribution in [1.29, 1.82) is 0 Å². The molecule has 1 unspecified atom stereocenters. The minimum absolute atomic E-state index is 0.00590. The van der Waals surface area contributed by atoms with Crippen LogP contribution in [0.3, 0.4) is 0 Å². The number of nitrogens with one attached hydrogen (secondary N) is 1. The topological polar surface area (TPSA) is 66.4 Å². The molecule has 0 aliphatic carbocycles. The van der Waals surface area contributed by atoms with E-state index in [0.717, 1.165) is 12.1 Å². The summed E-state index contributed by atoms with van der Waals surface area (Å²) in [6, 6.07) is 6.68. The molecule has 1 aromatic carbocycles. The molecule has 4 nitrogen and oxygen atoms in total. The Morgan fingerprint density at radius 3 is 2.21 bits per heavy atom. The van der Waals surface area contributed by atoms with Gasteiger partial charge in [-0.05, 0) is 36.6 Å². The van der Waals surface area contributed by atoms with Gasteiger partial charge in [-0.1, -0.05) is 20.8 Å². The van der Waals surface area contributed by atoms with Gasteiger partial charge in [-0.3, -0.25) is 0 Å². The van der Waals surface area contributed by atoms with Gasteiger partial charge >= 0.3 is 0 Å². The lowest BCUT2D eigenvalue weighted by Crippen LogP contribution is -2.25. The monoisotopic (exact) mass is 285 g/mol. The third-order valence-electron chi connectivity index (χ3n) is 2.94. The number of anilines is 1. The second-order valence-electron chi connectivity index (χ2n) is 5.08. The van der Waals surface area contributed by atoms with Crippen molar-refractivity contribution in [3.8, 4) is 0 Å². The van der Waals surface area contributed by atoms with Gasteiger partial charge in [0.15, 0.2) is 9.84 Å². The van der Waals surface area contributed by atoms with Gasteiger partial charge in [-0.15, -0.1) is 0 Å². The van der Waals surface area contributed by atoms with Crippen LogP contribution in [0.15, 0.2) is 29.2 Å². The Morgan fingerprint density at radius 2 is 1.79 bits per heavy atom. The standard InChI is InChI=1S/C14H23NO3S/c1-4-19(17,18)14-7-5-12(6-8-14)15-13(10-16)9-11(2)3/h5-8,11,13,15-16H,4,9-10H2,1-3H3. The molecule has 0 spiro atoms. The van der Waals surface area contributed by atoms with E-state index in [4.69, 9.17) is 0 Å². The highest BCUT2D eigenvalue weighted by atomic mass is 32.2. The molecule has 0 bridgehead atoms. The highest BCUT2D eigenvalue weighted by Crippen LogP contribution is 2.17. The van der Waals surface area contributed by atoms with Crippen LogP contribution in [0.5, 0.6) is 0 Å². The zero-order chi connectivity index (χ0) is 14.5. The van der Waals surface area contributed by atoms with Crippen molar-refractivity contribution in [2.45, 2.75) is 38.1 Å². The number of aliphatic hydroxyl groups is 1. The maximum absolute atomic E-state index is 11.7. The van der Waals surface area contributed by atoms with Crippen molar-refractivity contribution in [3.05, 3.63) is 24.3 Å². The van der Waals surface area contributed by atoms with Gasteiger partial charge in [0.1, 0.15) is 0 Å². The van der Waals surface area contributed by atoms with Crippen LogP contribution >= 0.6 is 0 Å². The van der Waals surface area contributed by atoms with Crippen LogP contribution in [0.2, 0.25) is 0 Å². The first-order valence-corrected chi connectivity index (χ1v) is 8.24. The van der Waals surface area contributed by atoms with Crippen LogP contribution in [0.4, 0.5) is 5.69 Å². The summed E-state index contributed by atoms with van der Waals surface area (Å²) < 4.78 is 23.4. The van der Waals surface area contributed by atoms with Crippen molar-refractivity contribution >= 4 is 15.5 Å². The van der Waals surface area contributed by atoms with Gasteiger partial charge in [0.2, 0.25) is 0 Å². The van der Waals surface area contributed by atoms with E-state index in [-0.39, 0.29) is 18.4 Å². The molecule has 108 valence electrons. The summed E-state index contributed by atoms with van der Waals surface area (Å²) in [5, 5.41) is 12.5. The largest absolute Gasteiger partial charge is 0.394 e. The summed E-state index contributed by atoms with van der Waals surface area (Å²) in [6.45, 7) is 5.89. The van der Waals surface area contributed by atoms with E-state index >= 15 is 0 Å². The highest BCUT2D eigenvalue weighted by molar-refractivity contribution is 7.91. The first-order chi connectivity index (χ1) is 8.89. The van der Waals surface area contributed by atoms with E-state index in [1.54, 1.807) is 31.2 Å². The van der Waals surface area contributed by atoms with Gasteiger partial charge in [-0.2, -0.15) is 0 Å². The minimum Gasteiger partial charge on any atom is -0.394 e. The van der Waals surface area contributed by atoms with Crippen LogP contribution in [-0.2, 0) is 9.84 Å². The number of hydrogen-bond acceptors (Lipinski definition) is 4. The number of rotatable bonds is 7. The third-order valence-corrected chi connectivity index (χ3v) is 4.69. The number of sulfone groups is 1. The van der Waals surface area contributed by atoms with Crippen molar-refractivity contribution in [2.75, 3.05) is 17.7 Å². The lowest BCUT2D eigenvalue weighted by molar-refractivity contribution is 0.259. The molecule has 0 fully saturated rings. The summed E-state index contributed by atoms with van der Waals surface area (Å²) in [4.78, 5) is 0.338. The highest BCUT2D eigenvalue weighted by Gasteiger charge is 2.12. The lowest BCUT2D eigenvalue weighted by Gasteiger charge is -2.19. The second kappa shape index (κ2) is 6.91. The van der Waals surface area contributed by atoms with Crippen LogP contribution in [0.1, 0.15) is 27.2 Å². The molecule has 19 heavy (non-hydrogen) atoms. The van der Waals surface area contributed by atoms with Crippen molar-refractivity contribution in [1.82, 2.24) is 0 Å². The molecule has 0 saturated carbocycles. The van der Waals surface area contributed by atoms with Gasteiger partial charge < -0.3 is 10.4 Å². The second-order valence-corrected chi connectivity index (χ2v) is 7.36. The fraction of sp³-hybridized carbons (Fsp3) is 0.571. The van der Waals surface area contributed by atoms with E-state index in [0.29, 0.717) is 10.8 Å². The molecule has 0 amide bonds. The predicted molar refractivity (Wildman–Crippen MR) is 78.1 cm³/mol. The Labute approximate surface area is 115 Å². The van der Waals surface area contributed by atoms with E-state index in [2.05, 4.69) is 19.2 Å². The summed E-state index contributed by atoms with van der Waals surface area (Å²) in [5.74, 6) is 0.594. The Bertz CT molecular complexity index is 480. The lowest BCUT2D eigenvalue weighted by atomic mass is 10.0. The Hall–Kier alpha value is -1.07. The molecule has 0 aliphatic heterocycles. The summed E-state index contributed by atoms with van der Waals surface area (Å²) in [7, 11) is -3.15. The molecule has 0 aliphatic rings. The molecule has 1 rings (SSSR count). The fourth-order valence-corrected chi connectivity index (χ4v) is 2.79. The number of hydrogen-bond donors (Lipinski definition) is 2. The molecule has 0 saturated heterocycles. The van der Waals surface area contributed by atoms with Crippen molar-refractivity contribution in [2.24, 2.45) is 5.92 Å². The summed E-state index contributed by atoms with van der Waals surface area (Å²) in [5.41, 5.74) is 0.828. The van der Waals surface area contributed by atoms with Crippen LogP contribution in [-0.4, -0.2) is 31.9 Å². The van der Waals surface area contributed by atoms with Crippen LogP contribution < -0.4 is 5.32 Å².